The Morgan fingerprint density at radius 3 is 2.30 bits per heavy atom. The predicted molar refractivity (Wildman–Crippen MR) is 97.7 cm³/mol. The van der Waals surface area contributed by atoms with Crippen LogP contribution in [0, 0.1) is 0 Å². The Morgan fingerprint density at radius 2 is 1.83 bits per heavy atom. The molecule has 1 heterocycles. The number of halogens is 2. The van der Waals surface area contributed by atoms with E-state index in [1.165, 1.54) is 18.4 Å². The Bertz CT molecular complexity index is 463. The van der Waals surface area contributed by atoms with Crippen molar-refractivity contribution < 1.29 is 9.53 Å². The summed E-state index contributed by atoms with van der Waals surface area (Å²) in [5, 5.41) is 2.95. The van der Waals surface area contributed by atoms with Crippen LogP contribution in [-0.4, -0.2) is 43.6 Å². The Kier molecular flexibility index (Phi) is 10.2. The van der Waals surface area contributed by atoms with E-state index in [1.807, 2.05) is 12.1 Å². The molecule has 0 aromatic heterocycles. The van der Waals surface area contributed by atoms with E-state index in [0.29, 0.717) is 6.54 Å². The van der Waals surface area contributed by atoms with Crippen LogP contribution in [0.3, 0.4) is 0 Å². The van der Waals surface area contributed by atoms with Gasteiger partial charge in [0, 0.05) is 6.54 Å². The van der Waals surface area contributed by atoms with E-state index in [4.69, 9.17) is 10.5 Å². The van der Waals surface area contributed by atoms with Crippen molar-refractivity contribution in [1.82, 2.24) is 10.2 Å². The van der Waals surface area contributed by atoms with Gasteiger partial charge in [0.15, 0.2) is 0 Å². The molecule has 1 unspecified atom stereocenters. The van der Waals surface area contributed by atoms with Gasteiger partial charge < -0.3 is 15.8 Å². The average Bonchev–Trinajstić information content (AvgIpc) is 3.02. The number of carbonyl (C=O) groups is 1. The first-order valence-electron chi connectivity index (χ1n) is 7.53. The Labute approximate surface area is 150 Å². The highest BCUT2D eigenvalue weighted by Gasteiger charge is 2.24. The van der Waals surface area contributed by atoms with Crippen LogP contribution in [0.15, 0.2) is 24.3 Å². The first-order chi connectivity index (χ1) is 10.1. The summed E-state index contributed by atoms with van der Waals surface area (Å²) in [6, 6.07) is 7.79. The molecule has 1 saturated heterocycles. The third-order valence-electron chi connectivity index (χ3n) is 3.97. The number of amides is 1. The monoisotopic (exact) mass is 363 g/mol. The molecule has 2 atom stereocenters. The minimum absolute atomic E-state index is 0. The lowest BCUT2D eigenvalue weighted by Gasteiger charge is -2.28. The lowest BCUT2D eigenvalue weighted by molar-refractivity contribution is -0.122. The minimum Gasteiger partial charge on any atom is -0.497 e. The van der Waals surface area contributed by atoms with Crippen molar-refractivity contribution in [1.29, 1.82) is 0 Å². The summed E-state index contributed by atoms with van der Waals surface area (Å²) in [6.45, 7) is 4.44. The van der Waals surface area contributed by atoms with Crippen LogP contribution in [0.5, 0.6) is 5.75 Å². The number of nitrogens with one attached hydrogen (secondary N) is 1. The summed E-state index contributed by atoms with van der Waals surface area (Å²) in [5.74, 6) is 0.742. The number of benzene rings is 1. The Morgan fingerprint density at radius 1 is 1.26 bits per heavy atom. The normalized spacial score (nSPS) is 16.7. The molecule has 5 nitrogen and oxygen atoms in total. The zero-order valence-electron chi connectivity index (χ0n) is 13.7. The van der Waals surface area contributed by atoms with E-state index < -0.39 is 6.04 Å². The van der Waals surface area contributed by atoms with Gasteiger partial charge >= 0.3 is 0 Å². The SMILES string of the molecule is COc1ccc(C(CNC(=O)[C@@H](C)N)N2CCCC2)cc1.Cl.Cl. The highest BCUT2D eigenvalue weighted by Crippen LogP contribution is 2.26. The average molecular weight is 364 g/mol. The molecule has 1 aliphatic rings. The minimum atomic E-state index is -0.472. The summed E-state index contributed by atoms with van der Waals surface area (Å²) in [7, 11) is 1.66. The number of carbonyl (C=O) groups excluding carboxylic acids is 1. The summed E-state index contributed by atoms with van der Waals surface area (Å²) < 4.78 is 5.20. The van der Waals surface area contributed by atoms with E-state index in [2.05, 4.69) is 22.3 Å². The lowest BCUT2D eigenvalue weighted by atomic mass is 10.0. The van der Waals surface area contributed by atoms with Gasteiger partial charge in [-0.1, -0.05) is 12.1 Å². The van der Waals surface area contributed by atoms with Crippen molar-refractivity contribution in [2.24, 2.45) is 5.73 Å². The molecule has 2 rings (SSSR count). The molecule has 0 spiro atoms. The molecule has 0 saturated carbocycles. The number of nitrogens with two attached hydrogens (primary N) is 1. The summed E-state index contributed by atoms with van der Waals surface area (Å²) >= 11 is 0. The van der Waals surface area contributed by atoms with Crippen molar-refractivity contribution in [3.63, 3.8) is 0 Å². The van der Waals surface area contributed by atoms with Gasteiger partial charge in [-0.2, -0.15) is 0 Å². The third kappa shape index (κ3) is 6.18. The number of hydrogen-bond donors (Lipinski definition) is 2. The highest BCUT2D eigenvalue weighted by atomic mass is 35.5. The quantitative estimate of drug-likeness (QED) is 0.812. The molecule has 7 heteroatoms. The van der Waals surface area contributed by atoms with E-state index in [-0.39, 0.29) is 36.8 Å². The van der Waals surface area contributed by atoms with Crippen LogP contribution in [-0.2, 0) is 4.79 Å². The van der Waals surface area contributed by atoms with E-state index in [1.54, 1.807) is 14.0 Å². The van der Waals surface area contributed by atoms with Gasteiger partial charge in [-0.3, -0.25) is 9.69 Å². The topological polar surface area (TPSA) is 67.6 Å². The summed E-state index contributed by atoms with van der Waals surface area (Å²) in [5.41, 5.74) is 6.81. The maximum absolute atomic E-state index is 11.7. The summed E-state index contributed by atoms with van der Waals surface area (Å²) in [6.07, 6.45) is 2.43. The number of likely N-dealkylation sites (tertiary alicyclic amines) is 1. The molecule has 1 aromatic rings. The number of nitrogens with zero attached hydrogens (tertiary/aromatic N) is 1. The molecule has 0 bridgehead atoms. The highest BCUT2D eigenvalue weighted by molar-refractivity contribution is 5.85. The largest absolute Gasteiger partial charge is 0.497 e. The first kappa shape index (κ1) is 22.0. The smallest absolute Gasteiger partial charge is 0.236 e. The van der Waals surface area contributed by atoms with Crippen LogP contribution in [0.1, 0.15) is 31.4 Å². The number of ether oxygens (including phenoxy) is 1. The molecule has 1 amide bonds. The van der Waals surface area contributed by atoms with Gasteiger partial charge in [0.2, 0.25) is 5.91 Å². The molecule has 0 radical (unpaired) electrons. The predicted octanol–water partition coefficient (Wildman–Crippen LogP) is 2.14. The Hall–Kier alpha value is -1.01. The van der Waals surface area contributed by atoms with Gasteiger partial charge in [-0.15, -0.1) is 24.8 Å². The fourth-order valence-corrected chi connectivity index (χ4v) is 2.70. The number of hydrogen-bond acceptors (Lipinski definition) is 4. The van der Waals surface area contributed by atoms with Gasteiger partial charge in [0.1, 0.15) is 5.75 Å². The molecule has 1 fully saturated rings. The second-order valence-corrected chi connectivity index (χ2v) is 5.57. The van der Waals surface area contributed by atoms with Crippen LogP contribution in [0.4, 0.5) is 0 Å². The molecule has 3 N–H and O–H groups in total. The molecule has 132 valence electrons. The first-order valence-corrected chi connectivity index (χ1v) is 7.53. The van der Waals surface area contributed by atoms with E-state index >= 15 is 0 Å². The second-order valence-electron chi connectivity index (χ2n) is 5.57. The van der Waals surface area contributed by atoms with E-state index in [0.717, 1.165) is 18.8 Å². The van der Waals surface area contributed by atoms with Gasteiger partial charge in [0.05, 0.1) is 19.2 Å². The maximum Gasteiger partial charge on any atom is 0.236 e. The molecular formula is C16H27Cl2N3O2. The standard InChI is InChI=1S/C16H25N3O2.2ClH/c1-12(17)16(20)18-11-15(19-9-3-4-10-19)13-5-7-14(21-2)8-6-13;;/h5-8,12,15H,3-4,9-11,17H2,1-2H3,(H,18,20);2*1H/t12-,15?;;/m1../s1. The molecule has 23 heavy (non-hydrogen) atoms. The zero-order valence-corrected chi connectivity index (χ0v) is 15.3. The van der Waals surface area contributed by atoms with Gasteiger partial charge in [-0.05, 0) is 50.6 Å². The van der Waals surface area contributed by atoms with Crippen molar-refractivity contribution in [3.8, 4) is 5.75 Å². The fourth-order valence-electron chi connectivity index (χ4n) is 2.70. The number of rotatable bonds is 6. The maximum atomic E-state index is 11.7. The fraction of sp³-hybridized carbons (Fsp3) is 0.562. The van der Waals surface area contributed by atoms with Crippen LogP contribution in [0.2, 0.25) is 0 Å². The van der Waals surface area contributed by atoms with Crippen molar-refractivity contribution >= 4 is 30.7 Å². The second kappa shape index (κ2) is 10.7. The van der Waals surface area contributed by atoms with Crippen molar-refractivity contribution in [2.45, 2.75) is 31.8 Å². The van der Waals surface area contributed by atoms with Crippen molar-refractivity contribution in [3.05, 3.63) is 29.8 Å². The molecule has 1 aliphatic heterocycles. The molecular weight excluding hydrogens is 337 g/mol. The van der Waals surface area contributed by atoms with E-state index in [9.17, 15) is 4.79 Å². The van der Waals surface area contributed by atoms with Crippen LogP contribution < -0.4 is 15.8 Å². The zero-order chi connectivity index (χ0) is 15.2. The summed E-state index contributed by atoms with van der Waals surface area (Å²) in [4.78, 5) is 14.1. The molecule has 1 aromatic carbocycles. The lowest BCUT2D eigenvalue weighted by Crippen LogP contribution is -2.43. The Balaban J connectivity index is 0.00000242. The third-order valence-corrected chi connectivity index (χ3v) is 3.97. The van der Waals surface area contributed by atoms with Gasteiger partial charge in [0.25, 0.3) is 0 Å². The van der Waals surface area contributed by atoms with Crippen LogP contribution >= 0.6 is 24.8 Å². The molecule has 0 aliphatic carbocycles. The van der Waals surface area contributed by atoms with Crippen molar-refractivity contribution in [2.75, 3.05) is 26.7 Å². The number of methoxy groups -OCH3 is 1. The van der Waals surface area contributed by atoms with Gasteiger partial charge in [-0.25, -0.2) is 0 Å². The van der Waals surface area contributed by atoms with Crippen LogP contribution in [0.25, 0.3) is 0 Å².